The molecule has 2 fully saturated rings. The van der Waals surface area contributed by atoms with Gasteiger partial charge in [0.25, 0.3) is 0 Å². The first-order valence-electron chi connectivity index (χ1n) is 8.75. The van der Waals surface area contributed by atoms with Crippen LogP contribution in [-0.2, 0) is 24.8 Å². The summed E-state index contributed by atoms with van der Waals surface area (Å²) in [5.41, 5.74) is 0. The maximum absolute atomic E-state index is 13.9. The number of halogens is 2. The largest absolute Gasteiger partial charge is 0.377 e. The fourth-order valence-electron chi connectivity index (χ4n) is 3.29. The van der Waals surface area contributed by atoms with Crippen LogP contribution in [0.2, 0.25) is 0 Å². The average molecular weight is 424 g/mol. The van der Waals surface area contributed by atoms with Crippen LogP contribution in [-0.4, -0.2) is 70.1 Å². The second-order valence-corrected chi connectivity index (χ2v) is 10.6. The molecule has 11 heteroatoms. The maximum Gasteiger partial charge on any atom is 0.246 e. The molecule has 0 amide bonds. The molecule has 2 saturated heterocycles. The van der Waals surface area contributed by atoms with Gasteiger partial charge in [0.1, 0.15) is 16.5 Å². The van der Waals surface area contributed by atoms with E-state index in [2.05, 4.69) is 0 Å². The zero-order chi connectivity index (χ0) is 19.7. The van der Waals surface area contributed by atoms with Crippen LogP contribution in [0.15, 0.2) is 23.1 Å². The van der Waals surface area contributed by atoms with Gasteiger partial charge in [0.2, 0.25) is 20.0 Å². The van der Waals surface area contributed by atoms with Crippen molar-refractivity contribution in [2.75, 3.05) is 38.5 Å². The molecule has 0 radical (unpaired) electrons. The van der Waals surface area contributed by atoms with E-state index in [1.807, 2.05) is 0 Å². The average Bonchev–Trinajstić information content (AvgIpc) is 2.62. The van der Waals surface area contributed by atoms with Crippen LogP contribution in [0.25, 0.3) is 0 Å². The van der Waals surface area contributed by atoms with Gasteiger partial charge in [0, 0.05) is 38.9 Å². The number of hydrogen-bond donors (Lipinski definition) is 0. The lowest BCUT2D eigenvalue weighted by molar-refractivity contribution is 0.0297. The van der Waals surface area contributed by atoms with Crippen LogP contribution in [0, 0.1) is 11.6 Å². The fraction of sp³-hybridized carbons (Fsp3) is 0.625. The summed E-state index contributed by atoms with van der Waals surface area (Å²) in [5.74, 6) is -2.15. The molecule has 2 aliphatic heterocycles. The highest BCUT2D eigenvalue weighted by atomic mass is 32.2. The van der Waals surface area contributed by atoms with Gasteiger partial charge in [0.05, 0.1) is 11.9 Å². The summed E-state index contributed by atoms with van der Waals surface area (Å²) in [6.07, 6.45) is 2.21. The lowest BCUT2D eigenvalue weighted by Crippen LogP contribution is -2.52. The topological polar surface area (TPSA) is 84.0 Å². The SMILES string of the molecule is O=S(=O)(CC1CCCCO1)N1CCN(S(=O)(=O)c2ccc(F)cc2F)CC1. The minimum atomic E-state index is -4.16. The summed E-state index contributed by atoms with van der Waals surface area (Å²) >= 11 is 0. The summed E-state index contributed by atoms with van der Waals surface area (Å²) in [4.78, 5) is -0.615. The Bertz CT molecular complexity index is 878. The quantitative estimate of drug-likeness (QED) is 0.709. The molecule has 2 aliphatic rings. The van der Waals surface area contributed by atoms with Crippen molar-refractivity contribution < 1.29 is 30.4 Å². The maximum atomic E-state index is 13.9. The van der Waals surface area contributed by atoms with E-state index in [4.69, 9.17) is 4.74 Å². The van der Waals surface area contributed by atoms with Gasteiger partial charge in [0.15, 0.2) is 0 Å². The van der Waals surface area contributed by atoms with Gasteiger partial charge in [-0.25, -0.2) is 25.6 Å². The van der Waals surface area contributed by atoms with Gasteiger partial charge >= 0.3 is 0 Å². The number of nitrogens with zero attached hydrogens (tertiary/aromatic N) is 2. The zero-order valence-electron chi connectivity index (χ0n) is 14.7. The lowest BCUT2D eigenvalue weighted by Gasteiger charge is -2.34. The fourth-order valence-corrected chi connectivity index (χ4v) is 6.42. The van der Waals surface area contributed by atoms with Gasteiger partial charge in [-0.05, 0) is 31.4 Å². The molecule has 0 aliphatic carbocycles. The molecule has 3 rings (SSSR count). The van der Waals surface area contributed by atoms with Gasteiger partial charge in [-0.2, -0.15) is 8.61 Å². The lowest BCUT2D eigenvalue weighted by atomic mass is 10.1. The standard InChI is InChI=1S/C16H22F2N2O5S2/c17-13-4-5-16(15(18)11-13)27(23,24)20-8-6-19(7-9-20)26(21,22)12-14-3-1-2-10-25-14/h4-5,11,14H,1-3,6-10,12H2. The Morgan fingerprint density at radius 1 is 1.00 bits per heavy atom. The summed E-state index contributed by atoms with van der Waals surface area (Å²) in [6.45, 7) is 0.331. The normalized spacial score (nSPS) is 23.4. The Labute approximate surface area is 158 Å². The highest BCUT2D eigenvalue weighted by Crippen LogP contribution is 2.23. The van der Waals surface area contributed by atoms with Crippen molar-refractivity contribution in [2.24, 2.45) is 0 Å². The highest BCUT2D eigenvalue weighted by Gasteiger charge is 2.35. The first kappa shape index (κ1) is 20.6. The highest BCUT2D eigenvalue weighted by molar-refractivity contribution is 7.89. The molecular weight excluding hydrogens is 402 g/mol. The Hall–Kier alpha value is -1.14. The van der Waals surface area contributed by atoms with Gasteiger partial charge in [-0.15, -0.1) is 0 Å². The number of rotatable bonds is 5. The number of benzene rings is 1. The Morgan fingerprint density at radius 3 is 2.26 bits per heavy atom. The van der Waals surface area contributed by atoms with Crippen molar-refractivity contribution in [3.05, 3.63) is 29.8 Å². The van der Waals surface area contributed by atoms with Crippen molar-refractivity contribution >= 4 is 20.0 Å². The zero-order valence-corrected chi connectivity index (χ0v) is 16.3. The third-order valence-electron chi connectivity index (χ3n) is 4.77. The van der Waals surface area contributed by atoms with Gasteiger partial charge in [-0.3, -0.25) is 0 Å². The van der Waals surface area contributed by atoms with E-state index in [-0.39, 0.29) is 38.0 Å². The molecule has 0 N–H and O–H groups in total. The first-order valence-corrected chi connectivity index (χ1v) is 11.8. The van der Waals surface area contributed by atoms with Crippen LogP contribution in [0.5, 0.6) is 0 Å². The first-order chi connectivity index (χ1) is 12.7. The molecule has 0 saturated carbocycles. The second-order valence-electron chi connectivity index (χ2n) is 6.65. The van der Waals surface area contributed by atoms with E-state index < -0.39 is 36.6 Å². The van der Waals surface area contributed by atoms with Crippen LogP contribution in [0.4, 0.5) is 8.78 Å². The number of sulfonamides is 2. The molecule has 1 aromatic rings. The monoisotopic (exact) mass is 424 g/mol. The van der Waals surface area contributed by atoms with Crippen molar-refractivity contribution in [2.45, 2.75) is 30.3 Å². The van der Waals surface area contributed by atoms with Crippen LogP contribution in [0.1, 0.15) is 19.3 Å². The molecule has 1 unspecified atom stereocenters. The molecule has 0 bridgehead atoms. The molecule has 7 nitrogen and oxygen atoms in total. The molecule has 1 aromatic carbocycles. The molecule has 0 aromatic heterocycles. The van der Waals surface area contributed by atoms with Gasteiger partial charge in [-0.1, -0.05) is 0 Å². The second kappa shape index (κ2) is 8.08. The summed E-state index contributed by atoms with van der Waals surface area (Å²) in [7, 11) is -7.73. The summed E-state index contributed by atoms with van der Waals surface area (Å²) in [5, 5.41) is 0. The number of piperazine rings is 1. The van der Waals surface area contributed by atoms with Crippen molar-refractivity contribution in [1.29, 1.82) is 0 Å². The number of hydrogen-bond acceptors (Lipinski definition) is 5. The van der Waals surface area contributed by atoms with Gasteiger partial charge < -0.3 is 4.74 Å². The molecule has 27 heavy (non-hydrogen) atoms. The van der Waals surface area contributed by atoms with E-state index in [0.29, 0.717) is 19.1 Å². The minimum Gasteiger partial charge on any atom is -0.377 e. The Balaban J connectivity index is 1.65. The predicted octanol–water partition coefficient (Wildman–Crippen LogP) is 1.17. The molecule has 152 valence electrons. The van der Waals surface area contributed by atoms with Crippen molar-refractivity contribution in [3.63, 3.8) is 0 Å². The van der Waals surface area contributed by atoms with E-state index in [0.717, 1.165) is 29.3 Å². The van der Waals surface area contributed by atoms with Crippen molar-refractivity contribution in [3.8, 4) is 0 Å². The van der Waals surface area contributed by atoms with E-state index in [9.17, 15) is 25.6 Å². The van der Waals surface area contributed by atoms with Crippen LogP contribution in [0.3, 0.4) is 0 Å². The van der Waals surface area contributed by atoms with E-state index in [1.165, 1.54) is 4.31 Å². The molecular formula is C16H22F2N2O5S2. The Kier molecular flexibility index (Phi) is 6.16. The van der Waals surface area contributed by atoms with E-state index in [1.54, 1.807) is 0 Å². The smallest absolute Gasteiger partial charge is 0.246 e. The van der Waals surface area contributed by atoms with Crippen LogP contribution < -0.4 is 0 Å². The predicted molar refractivity (Wildman–Crippen MR) is 94.1 cm³/mol. The summed E-state index contributed by atoms with van der Waals surface area (Å²) < 4.78 is 84.9. The molecule has 0 spiro atoms. The third-order valence-corrected chi connectivity index (χ3v) is 8.65. The van der Waals surface area contributed by atoms with Crippen LogP contribution >= 0.6 is 0 Å². The van der Waals surface area contributed by atoms with E-state index >= 15 is 0 Å². The van der Waals surface area contributed by atoms with Crippen molar-refractivity contribution in [1.82, 2.24) is 8.61 Å². The minimum absolute atomic E-state index is 0.0168. The number of ether oxygens (including phenoxy) is 1. The third kappa shape index (κ3) is 4.65. The Morgan fingerprint density at radius 2 is 1.67 bits per heavy atom. The summed E-state index contributed by atoms with van der Waals surface area (Å²) in [6, 6.07) is 2.27. The molecule has 1 atom stereocenters. The molecule has 2 heterocycles.